The minimum atomic E-state index is -0.339. The van der Waals surface area contributed by atoms with Crippen LogP contribution in [0.1, 0.15) is 11.1 Å². The zero-order chi connectivity index (χ0) is 15.2. The lowest BCUT2D eigenvalue weighted by molar-refractivity contribution is 0.262. The molecule has 0 spiro atoms. The quantitative estimate of drug-likeness (QED) is 0.889. The molecule has 2 rings (SSSR count). The predicted octanol–water partition coefficient (Wildman–Crippen LogP) is 2.88. The van der Waals surface area contributed by atoms with Gasteiger partial charge in [-0.1, -0.05) is 24.3 Å². The summed E-state index contributed by atoms with van der Waals surface area (Å²) in [6.45, 7) is 0.216. The molecule has 0 aliphatic carbocycles. The molecule has 4 nitrogen and oxygen atoms in total. The van der Waals surface area contributed by atoms with Gasteiger partial charge >= 0.3 is 0 Å². The van der Waals surface area contributed by atoms with Gasteiger partial charge in [0.1, 0.15) is 12.4 Å². The van der Waals surface area contributed by atoms with Crippen molar-refractivity contribution in [3.63, 3.8) is 0 Å². The van der Waals surface area contributed by atoms with Crippen molar-refractivity contribution < 1.29 is 18.6 Å². The average molecular weight is 291 g/mol. The van der Waals surface area contributed by atoms with Gasteiger partial charge in [0, 0.05) is 17.7 Å². The summed E-state index contributed by atoms with van der Waals surface area (Å²) in [5.74, 6) is 1.17. The number of methoxy groups -OCH3 is 2. The van der Waals surface area contributed by atoms with Crippen molar-refractivity contribution in [2.24, 2.45) is 5.73 Å². The largest absolute Gasteiger partial charge is 0.493 e. The van der Waals surface area contributed by atoms with Gasteiger partial charge in [-0.2, -0.15) is 0 Å². The molecule has 0 aliphatic rings. The Morgan fingerprint density at radius 3 is 2.10 bits per heavy atom. The fraction of sp³-hybridized carbons (Fsp3) is 0.250. The van der Waals surface area contributed by atoms with Crippen molar-refractivity contribution >= 4 is 0 Å². The Kier molecular flexibility index (Phi) is 5.00. The van der Waals surface area contributed by atoms with Crippen LogP contribution in [0.4, 0.5) is 4.39 Å². The molecule has 2 N–H and O–H groups in total. The molecule has 0 unspecified atom stereocenters. The highest BCUT2D eigenvalue weighted by Crippen LogP contribution is 2.37. The molecule has 2 aromatic rings. The number of hydrogen-bond donors (Lipinski definition) is 1. The fourth-order valence-electron chi connectivity index (χ4n) is 2.01. The van der Waals surface area contributed by atoms with Gasteiger partial charge in [-0.05, 0) is 12.1 Å². The molecule has 0 saturated carbocycles. The lowest BCUT2D eigenvalue weighted by Crippen LogP contribution is -2.06. The summed E-state index contributed by atoms with van der Waals surface area (Å²) in [4.78, 5) is 0. The van der Waals surface area contributed by atoms with Gasteiger partial charge < -0.3 is 19.9 Å². The second-order valence-corrected chi connectivity index (χ2v) is 4.37. The number of halogens is 1. The second kappa shape index (κ2) is 6.95. The number of hydrogen-bond acceptors (Lipinski definition) is 4. The molecule has 21 heavy (non-hydrogen) atoms. The lowest BCUT2D eigenvalue weighted by Gasteiger charge is -2.14. The highest BCUT2D eigenvalue weighted by Gasteiger charge is 2.13. The summed E-state index contributed by atoms with van der Waals surface area (Å²) in [5, 5.41) is 0. The van der Waals surface area contributed by atoms with Crippen LogP contribution < -0.4 is 19.9 Å². The molecule has 0 amide bonds. The second-order valence-electron chi connectivity index (χ2n) is 4.37. The SMILES string of the molecule is COc1cccc(OC)c1OCc1cccc(CN)c1F. The van der Waals surface area contributed by atoms with Crippen molar-refractivity contribution in [3.8, 4) is 17.2 Å². The molecular weight excluding hydrogens is 273 g/mol. The van der Waals surface area contributed by atoms with Gasteiger partial charge in [0.2, 0.25) is 5.75 Å². The maximum Gasteiger partial charge on any atom is 0.203 e. The molecule has 0 saturated heterocycles. The molecule has 0 fully saturated rings. The Balaban J connectivity index is 2.24. The van der Waals surface area contributed by atoms with Crippen molar-refractivity contribution in [1.82, 2.24) is 0 Å². The van der Waals surface area contributed by atoms with E-state index in [4.69, 9.17) is 19.9 Å². The van der Waals surface area contributed by atoms with Crippen LogP contribution in [-0.2, 0) is 13.2 Å². The molecule has 0 radical (unpaired) electrons. The van der Waals surface area contributed by atoms with Gasteiger partial charge in [-0.25, -0.2) is 4.39 Å². The van der Waals surface area contributed by atoms with Crippen LogP contribution in [0, 0.1) is 5.82 Å². The molecule has 0 atom stereocenters. The summed E-state index contributed by atoms with van der Waals surface area (Å²) in [7, 11) is 3.08. The van der Waals surface area contributed by atoms with Gasteiger partial charge in [0.25, 0.3) is 0 Å². The first-order chi connectivity index (χ1) is 10.2. The third-order valence-electron chi connectivity index (χ3n) is 3.13. The average Bonchev–Trinajstić information content (AvgIpc) is 2.53. The molecule has 112 valence electrons. The highest BCUT2D eigenvalue weighted by molar-refractivity contribution is 5.51. The number of ether oxygens (including phenoxy) is 3. The molecule has 0 aliphatic heterocycles. The Morgan fingerprint density at radius 1 is 0.952 bits per heavy atom. The van der Waals surface area contributed by atoms with E-state index < -0.39 is 0 Å². The van der Waals surface area contributed by atoms with Gasteiger partial charge in [-0.3, -0.25) is 0 Å². The number of rotatable bonds is 6. The maximum absolute atomic E-state index is 14.1. The van der Waals surface area contributed by atoms with E-state index in [1.807, 2.05) is 0 Å². The first-order valence-electron chi connectivity index (χ1n) is 6.51. The highest BCUT2D eigenvalue weighted by atomic mass is 19.1. The van der Waals surface area contributed by atoms with E-state index in [-0.39, 0.29) is 19.0 Å². The molecule has 5 heteroatoms. The Bertz CT molecular complexity index is 594. The van der Waals surface area contributed by atoms with Gasteiger partial charge in [-0.15, -0.1) is 0 Å². The number of para-hydroxylation sites is 1. The van der Waals surface area contributed by atoms with Crippen LogP contribution in [0.15, 0.2) is 36.4 Å². The van der Waals surface area contributed by atoms with Crippen LogP contribution in [0.2, 0.25) is 0 Å². The Morgan fingerprint density at radius 2 is 1.52 bits per heavy atom. The Labute approximate surface area is 123 Å². The van der Waals surface area contributed by atoms with Crippen LogP contribution in [0.25, 0.3) is 0 Å². The summed E-state index contributed by atoms with van der Waals surface area (Å²) in [6.07, 6.45) is 0. The van der Waals surface area contributed by atoms with E-state index in [2.05, 4.69) is 0 Å². The molecular formula is C16H18FNO3. The number of benzene rings is 2. The fourth-order valence-corrected chi connectivity index (χ4v) is 2.01. The first kappa shape index (κ1) is 15.1. The molecule has 0 heterocycles. The van der Waals surface area contributed by atoms with Gasteiger partial charge in [0.15, 0.2) is 11.5 Å². The van der Waals surface area contributed by atoms with Gasteiger partial charge in [0.05, 0.1) is 14.2 Å². The zero-order valence-corrected chi connectivity index (χ0v) is 12.1. The summed E-state index contributed by atoms with van der Waals surface area (Å²) < 4.78 is 30.3. The van der Waals surface area contributed by atoms with Crippen molar-refractivity contribution in [1.29, 1.82) is 0 Å². The monoisotopic (exact) mass is 291 g/mol. The first-order valence-corrected chi connectivity index (χ1v) is 6.51. The smallest absolute Gasteiger partial charge is 0.203 e. The van der Waals surface area contributed by atoms with E-state index in [0.29, 0.717) is 28.4 Å². The molecule has 0 aromatic heterocycles. The van der Waals surface area contributed by atoms with Crippen molar-refractivity contribution in [3.05, 3.63) is 53.3 Å². The standard InChI is InChI=1S/C16H18FNO3/c1-19-13-7-4-8-14(20-2)16(13)21-10-12-6-3-5-11(9-18)15(12)17/h3-8H,9-10,18H2,1-2H3. The number of nitrogens with two attached hydrogens (primary N) is 1. The van der Waals surface area contributed by atoms with Crippen LogP contribution >= 0.6 is 0 Å². The lowest BCUT2D eigenvalue weighted by atomic mass is 10.1. The van der Waals surface area contributed by atoms with Crippen LogP contribution in [-0.4, -0.2) is 14.2 Å². The minimum absolute atomic E-state index is 0.0659. The maximum atomic E-state index is 14.1. The Hall–Kier alpha value is -2.27. The van der Waals surface area contributed by atoms with E-state index in [9.17, 15) is 4.39 Å². The van der Waals surface area contributed by atoms with Crippen LogP contribution in [0.5, 0.6) is 17.2 Å². The third-order valence-corrected chi connectivity index (χ3v) is 3.13. The predicted molar refractivity (Wildman–Crippen MR) is 78.2 cm³/mol. The summed E-state index contributed by atoms with van der Waals surface area (Å²) in [5.41, 5.74) is 6.39. The normalized spacial score (nSPS) is 10.3. The van der Waals surface area contributed by atoms with Crippen LogP contribution in [0.3, 0.4) is 0 Å². The zero-order valence-electron chi connectivity index (χ0n) is 12.1. The van der Waals surface area contributed by atoms with E-state index in [1.165, 1.54) is 14.2 Å². The van der Waals surface area contributed by atoms with E-state index >= 15 is 0 Å². The molecule has 0 bridgehead atoms. The van der Waals surface area contributed by atoms with E-state index in [0.717, 1.165) is 0 Å². The minimum Gasteiger partial charge on any atom is -0.493 e. The summed E-state index contributed by atoms with van der Waals surface area (Å²) in [6, 6.07) is 10.4. The molecule has 2 aromatic carbocycles. The summed E-state index contributed by atoms with van der Waals surface area (Å²) >= 11 is 0. The van der Waals surface area contributed by atoms with E-state index in [1.54, 1.807) is 36.4 Å². The third kappa shape index (κ3) is 3.25. The topological polar surface area (TPSA) is 53.7 Å². The van der Waals surface area contributed by atoms with Crippen molar-refractivity contribution in [2.45, 2.75) is 13.2 Å². The van der Waals surface area contributed by atoms with Crippen molar-refractivity contribution in [2.75, 3.05) is 14.2 Å².